The number of methoxy groups -OCH3 is 2. The van der Waals surface area contributed by atoms with Crippen molar-refractivity contribution in [2.45, 2.75) is 32.1 Å². The number of carbonyl (C=O) groups excluding carboxylic acids is 1. The van der Waals surface area contributed by atoms with E-state index in [0.717, 1.165) is 38.9 Å². The molecule has 1 saturated heterocycles. The lowest BCUT2D eigenvalue weighted by atomic mass is 9.93. The van der Waals surface area contributed by atoms with E-state index in [0.29, 0.717) is 12.3 Å². The molecule has 0 spiro atoms. The molecule has 1 aliphatic rings. The van der Waals surface area contributed by atoms with Gasteiger partial charge in [0.15, 0.2) is 0 Å². The van der Waals surface area contributed by atoms with Gasteiger partial charge < -0.3 is 14.2 Å². The van der Waals surface area contributed by atoms with Crippen LogP contribution in [-0.2, 0) is 19.0 Å². The fraction of sp³-hybridized carbons (Fsp3) is 0.667. The van der Waals surface area contributed by atoms with Crippen molar-refractivity contribution >= 4 is 5.97 Å². The third kappa shape index (κ3) is 6.43. The van der Waals surface area contributed by atoms with Gasteiger partial charge in [-0.2, -0.15) is 0 Å². The average molecular weight is 268 g/mol. The highest BCUT2D eigenvalue weighted by Crippen LogP contribution is 2.24. The van der Waals surface area contributed by atoms with Gasteiger partial charge in [-0.25, -0.2) is 0 Å². The van der Waals surface area contributed by atoms with Gasteiger partial charge in [-0.1, -0.05) is 12.2 Å². The number of hydrogen-bond donors (Lipinski definition) is 0. The van der Waals surface area contributed by atoms with Crippen LogP contribution in [0.1, 0.15) is 32.1 Å². The Balaban J connectivity index is 2.22. The first-order chi connectivity index (χ1) is 9.27. The minimum Gasteiger partial charge on any atom is -0.504 e. The van der Waals surface area contributed by atoms with Gasteiger partial charge in [0.2, 0.25) is 0 Å². The van der Waals surface area contributed by atoms with Gasteiger partial charge in [0, 0.05) is 12.3 Å². The van der Waals surface area contributed by atoms with E-state index in [4.69, 9.17) is 9.47 Å². The lowest BCUT2D eigenvalue weighted by Gasteiger charge is -2.24. The van der Waals surface area contributed by atoms with Crippen molar-refractivity contribution < 1.29 is 19.0 Å². The number of ether oxygens (including phenoxy) is 3. The van der Waals surface area contributed by atoms with Crippen molar-refractivity contribution in [3.8, 4) is 0 Å². The molecule has 1 atom stereocenters. The summed E-state index contributed by atoms with van der Waals surface area (Å²) in [5.41, 5.74) is 1.33. The Hall–Kier alpha value is -1.29. The highest BCUT2D eigenvalue weighted by molar-refractivity contribution is 5.68. The lowest BCUT2D eigenvalue weighted by molar-refractivity contribution is -0.140. The molecule has 1 unspecified atom stereocenters. The molecule has 0 radical (unpaired) electrons. The Bertz CT molecular complexity index is 320. The SMILES string of the molecule is COC=C1CCOCC1C/C=C\CCCC(=O)OC. The summed E-state index contributed by atoms with van der Waals surface area (Å²) in [5.74, 6) is 0.282. The van der Waals surface area contributed by atoms with E-state index < -0.39 is 0 Å². The lowest BCUT2D eigenvalue weighted by Crippen LogP contribution is -2.19. The van der Waals surface area contributed by atoms with Crippen LogP contribution in [0.5, 0.6) is 0 Å². The fourth-order valence-corrected chi connectivity index (χ4v) is 2.10. The van der Waals surface area contributed by atoms with Crippen molar-refractivity contribution in [2.75, 3.05) is 27.4 Å². The first-order valence-electron chi connectivity index (χ1n) is 6.79. The van der Waals surface area contributed by atoms with Crippen molar-refractivity contribution in [1.82, 2.24) is 0 Å². The minimum atomic E-state index is -0.139. The quantitative estimate of drug-likeness (QED) is 0.308. The maximum atomic E-state index is 10.9. The molecule has 19 heavy (non-hydrogen) atoms. The molecule has 1 aliphatic heterocycles. The van der Waals surface area contributed by atoms with Crippen LogP contribution < -0.4 is 0 Å². The van der Waals surface area contributed by atoms with Crippen LogP contribution in [0.4, 0.5) is 0 Å². The van der Waals surface area contributed by atoms with Crippen LogP contribution in [0.2, 0.25) is 0 Å². The van der Waals surface area contributed by atoms with Crippen molar-refractivity contribution in [3.05, 3.63) is 24.0 Å². The number of esters is 1. The van der Waals surface area contributed by atoms with E-state index in [2.05, 4.69) is 16.9 Å². The normalized spacial score (nSPS) is 21.8. The Labute approximate surface area is 115 Å². The van der Waals surface area contributed by atoms with Crippen LogP contribution in [0.3, 0.4) is 0 Å². The number of hydrogen-bond acceptors (Lipinski definition) is 4. The fourth-order valence-electron chi connectivity index (χ4n) is 2.10. The van der Waals surface area contributed by atoms with Crippen molar-refractivity contribution in [2.24, 2.45) is 5.92 Å². The number of allylic oxidation sites excluding steroid dienone is 2. The van der Waals surface area contributed by atoms with Crippen LogP contribution in [0.25, 0.3) is 0 Å². The summed E-state index contributed by atoms with van der Waals surface area (Å²) in [6.45, 7) is 1.55. The number of unbranched alkanes of at least 4 members (excludes halogenated alkanes) is 1. The summed E-state index contributed by atoms with van der Waals surface area (Å²) in [5, 5.41) is 0. The molecule has 0 aromatic heterocycles. The second kappa shape index (κ2) is 9.62. The molecule has 108 valence electrons. The zero-order valence-electron chi connectivity index (χ0n) is 11.9. The molecule has 4 nitrogen and oxygen atoms in total. The maximum Gasteiger partial charge on any atom is 0.305 e. The molecule has 4 heteroatoms. The summed E-state index contributed by atoms with van der Waals surface area (Å²) in [7, 11) is 3.10. The van der Waals surface area contributed by atoms with E-state index in [-0.39, 0.29) is 5.97 Å². The largest absolute Gasteiger partial charge is 0.504 e. The molecule has 1 rings (SSSR count). The predicted octanol–water partition coefficient (Wildman–Crippen LogP) is 2.84. The van der Waals surface area contributed by atoms with Gasteiger partial charge in [-0.15, -0.1) is 0 Å². The Morgan fingerprint density at radius 3 is 3.00 bits per heavy atom. The van der Waals surface area contributed by atoms with E-state index >= 15 is 0 Å². The smallest absolute Gasteiger partial charge is 0.305 e. The first kappa shape index (κ1) is 15.8. The second-order valence-electron chi connectivity index (χ2n) is 4.63. The standard InChI is InChI=1S/C15H24O4/c1-17-11-14-9-10-19-12-13(14)7-5-3-4-6-8-15(16)18-2/h3,5,11,13H,4,6-10,12H2,1-2H3/b5-3-,14-11?. The van der Waals surface area contributed by atoms with E-state index in [1.54, 1.807) is 7.11 Å². The second-order valence-corrected chi connectivity index (χ2v) is 4.63. The van der Waals surface area contributed by atoms with Gasteiger partial charge in [-0.3, -0.25) is 4.79 Å². The van der Waals surface area contributed by atoms with Crippen molar-refractivity contribution in [1.29, 1.82) is 0 Å². The molecular formula is C15H24O4. The molecule has 0 aromatic carbocycles. The minimum absolute atomic E-state index is 0.139. The summed E-state index contributed by atoms with van der Waals surface area (Å²) in [6, 6.07) is 0. The summed E-state index contributed by atoms with van der Waals surface area (Å²) in [6.07, 6.45) is 10.3. The highest BCUT2D eigenvalue weighted by atomic mass is 16.5. The van der Waals surface area contributed by atoms with E-state index in [9.17, 15) is 4.79 Å². The molecule has 0 aromatic rings. The van der Waals surface area contributed by atoms with Gasteiger partial charge in [0.25, 0.3) is 0 Å². The maximum absolute atomic E-state index is 10.9. The van der Waals surface area contributed by atoms with Crippen LogP contribution >= 0.6 is 0 Å². The third-order valence-corrected chi connectivity index (χ3v) is 3.21. The van der Waals surface area contributed by atoms with Crippen molar-refractivity contribution in [3.63, 3.8) is 0 Å². The van der Waals surface area contributed by atoms with Gasteiger partial charge >= 0.3 is 5.97 Å². The summed E-state index contributed by atoms with van der Waals surface area (Å²) in [4.78, 5) is 10.9. The topological polar surface area (TPSA) is 44.8 Å². The summed E-state index contributed by atoms with van der Waals surface area (Å²) < 4.78 is 15.2. The monoisotopic (exact) mass is 268 g/mol. The predicted molar refractivity (Wildman–Crippen MR) is 73.6 cm³/mol. The molecular weight excluding hydrogens is 244 g/mol. The van der Waals surface area contributed by atoms with Gasteiger partial charge in [-0.05, 0) is 31.3 Å². The number of carbonyl (C=O) groups is 1. The Morgan fingerprint density at radius 2 is 2.26 bits per heavy atom. The molecule has 0 aliphatic carbocycles. The van der Waals surface area contributed by atoms with Crippen LogP contribution in [-0.4, -0.2) is 33.4 Å². The van der Waals surface area contributed by atoms with Gasteiger partial charge in [0.1, 0.15) is 0 Å². The molecule has 0 N–H and O–H groups in total. The Morgan fingerprint density at radius 1 is 1.42 bits per heavy atom. The summed E-state index contributed by atoms with van der Waals surface area (Å²) >= 11 is 0. The number of rotatable bonds is 7. The molecule has 1 fully saturated rings. The highest BCUT2D eigenvalue weighted by Gasteiger charge is 2.18. The molecule has 1 heterocycles. The van der Waals surface area contributed by atoms with E-state index in [1.807, 2.05) is 6.26 Å². The third-order valence-electron chi connectivity index (χ3n) is 3.21. The zero-order valence-corrected chi connectivity index (χ0v) is 11.9. The molecule has 0 bridgehead atoms. The van der Waals surface area contributed by atoms with Crippen LogP contribution in [0.15, 0.2) is 24.0 Å². The zero-order chi connectivity index (χ0) is 13.9. The first-order valence-corrected chi connectivity index (χ1v) is 6.79. The molecule has 0 amide bonds. The molecule has 0 saturated carbocycles. The Kier molecular flexibility index (Phi) is 7.98. The van der Waals surface area contributed by atoms with E-state index in [1.165, 1.54) is 12.7 Å². The van der Waals surface area contributed by atoms with Crippen LogP contribution in [0, 0.1) is 5.92 Å². The van der Waals surface area contributed by atoms with Gasteiger partial charge in [0.05, 0.1) is 33.7 Å². The average Bonchev–Trinajstić information content (AvgIpc) is 2.44.